The maximum Gasteiger partial charge on any atom is 0.136 e. The molecule has 2 aromatic rings. The predicted molar refractivity (Wildman–Crippen MR) is 67.9 cm³/mol. The van der Waals surface area contributed by atoms with Gasteiger partial charge in [0.2, 0.25) is 0 Å². The minimum atomic E-state index is -0.323. The smallest absolute Gasteiger partial charge is 0.136 e. The highest BCUT2D eigenvalue weighted by atomic mass is 19.1. The van der Waals surface area contributed by atoms with Crippen LogP contribution in [0.5, 0.6) is 5.75 Å². The molecule has 0 saturated carbocycles. The second-order valence-corrected chi connectivity index (χ2v) is 3.87. The summed E-state index contributed by atoms with van der Waals surface area (Å²) in [5.74, 6) is 0.174. The first-order chi connectivity index (χ1) is 8.77. The lowest BCUT2D eigenvalue weighted by Crippen LogP contribution is -2.12. The molecule has 0 aliphatic carbocycles. The van der Waals surface area contributed by atoms with Crippen molar-refractivity contribution in [3.05, 3.63) is 35.8 Å². The number of hydrogen-bond donors (Lipinski definition) is 2. The molecular formula is C13H16FN3O. The van der Waals surface area contributed by atoms with Crippen LogP contribution in [0.3, 0.4) is 0 Å². The highest BCUT2D eigenvalue weighted by Crippen LogP contribution is 2.32. The Morgan fingerprint density at radius 1 is 1.44 bits per heavy atom. The van der Waals surface area contributed by atoms with Crippen molar-refractivity contribution in [3.8, 4) is 17.0 Å². The highest BCUT2D eigenvalue weighted by Gasteiger charge is 2.16. The SMILES string of the molecule is CCNCc1cn[nH]c1-c1c(F)cccc1OC. The Morgan fingerprint density at radius 3 is 3.00 bits per heavy atom. The molecule has 96 valence electrons. The van der Waals surface area contributed by atoms with E-state index in [9.17, 15) is 4.39 Å². The van der Waals surface area contributed by atoms with E-state index in [0.717, 1.165) is 12.1 Å². The van der Waals surface area contributed by atoms with Gasteiger partial charge in [-0.25, -0.2) is 4.39 Å². The van der Waals surface area contributed by atoms with Crippen LogP contribution >= 0.6 is 0 Å². The first-order valence-corrected chi connectivity index (χ1v) is 5.83. The first-order valence-electron chi connectivity index (χ1n) is 5.83. The minimum Gasteiger partial charge on any atom is -0.496 e. The molecule has 0 unspecified atom stereocenters. The van der Waals surface area contributed by atoms with Crippen molar-refractivity contribution in [2.45, 2.75) is 13.5 Å². The van der Waals surface area contributed by atoms with Crippen LogP contribution in [-0.4, -0.2) is 23.9 Å². The topological polar surface area (TPSA) is 49.9 Å². The van der Waals surface area contributed by atoms with E-state index in [1.807, 2.05) is 6.92 Å². The Hall–Kier alpha value is -1.88. The van der Waals surface area contributed by atoms with Crippen LogP contribution in [0, 0.1) is 5.82 Å². The lowest BCUT2D eigenvalue weighted by atomic mass is 10.1. The van der Waals surface area contributed by atoms with Crippen molar-refractivity contribution in [2.24, 2.45) is 0 Å². The number of nitrogens with zero attached hydrogens (tertiary/aromatic N) is 1. The third kappa shape index (κ3) is 2.36. The summed E-state index contributed by atoms with van der Waals surface area (Å²) in [5, 5.41) is 10.0. The van der Waals surface area contributed by atoms with Gasteiger partial charge in [0.25, 0.3) is 0 Å². The van der Waals surface area contributed by atoms with Crippen molar-refractivity contribution in [1.29, 1.82) is 0 Å². The molecule has 0 atom stereocenters. The second kappa shape index (κ2) is 5.64. The lowest BCUT2D eigenvalue weighted by Gasteiger charge is -2.10. The first kappa shape index (κ1) is 12.6. The number of hydrogen-bond acceptors (Lipinski definition) is 3. The summed E-state index contributed by atoms with van der Waals surface area (Å²) in [6.07, 6.45) is 1.70. The largest absolute Gasteiger partial charge is 0.496 e. The monoisotopic (exact) mass is 249 g/mol. The van der Waals surface area contributed by atoms with Gasteiger partial charge in [0.05, 0.1) is 24.6 Å². The molecule has 1 aromatic carbocycles. The van der Waals surface area contributed by atoms with E-state index in [1.165, 1.54) is 13.2 Å². The minimum absolute atomic E-state index is 0.323. The number of aromatic amines is 1. The van der Waals surface area contributed by atoms with Crippen molar-refractivity contribution in [3.63, 3.8) is 0 Å². The zero-order valence-corrected chi connectivity index (χ0v) is 10.5. The van der Waals surface area contributed by atoms with Gasteiger partial charge in [-0.2, -0.15) is 5.10 Å². The van der Waals surface area contributed by atoms with E-state index in [-0.39, 0.29) is 5.82 Å². The van der Waals surface area contributed by atoms with Crippen LogP contribution in [0.25, 0.3) is 11.3 Å². The quantitative estimate of drug-likeness (QED) is 0.855. The van der Waals surface area contributed by atoms with E-state index in [1.54, 1.807) is 18.3 Å². The van der Waals surface area contributed by atoms with Gasteiger partial charge in [-0.1, -0.05) is 13.0 Å². The fourth-order valence-corrected chi connectivity index (χ4v) is 1.84. The summed E-state index contributed by atoms with van der Waals surface area (Å²) in [6, 6.07) is 4.77. The normalized spacial score (nSPS) is 10.6. The van der Waals surface area contributed by atoms with Gasteiger partial charge in [-0.15, -0.1) is 0 Å². The number of methoxy groups -OCH3 is 1. The number of benzene rings is 1. The third-order valence-electron chi connectivity index (χ3n) is 2.73. The Balaban J connectivity index is 2.45. The van der Waals surface area contributed by atoms with Crippen LogP contribution in [0.1, 0.15) is 12.5 Å². The van der Waals surface area contributed by atoms with E-state index in [0.29, 0.717) is 23.6 Å². The summed E-state index contributed by atoms with van der Waals surface area (Å²) >= 11 is 0. The van der Waals surface area contributed by atoms with Gasteiger partial charge >= 0.3 is 0 Å². The lowest BCUT2D eigenvalue weighted by molar-refractivity contribution is 0.413. The van der Waals surface area contributed by atoms with Crippen LogP contribution in [-0.2, 0) is 6.54 Å². The Kier molecular flexibility index (Phi) is 3.94. The standard InChI is InChI=1S/C13H16FN3O/c1-3-15-7-9-8-16-17-13(9)12-10(14)5-4-6-11(12)18-2/h4-6,8,15H,3,7H2,1-2H3,(H,16,17). The molecule has 4 nitrogen and oxygen atoms in total. The molecule has 0 saturated heterocycles. The Labute approximate surface area is 105 Å². The maximum atomic E-state index is 14.0. The van der Waals surface area contributed by atoms with Gasteiger partial charge in [0, 0.05) is 12.1 Å². The third-order valence-corrected chi connectivity index (χ3v) is 2.73. The van der Waals surface area contributed by atoms with Crippen LogP contribution < -0.4 is 10.1 Å². The fourth-order valence-electron chi connectivity index (χ4n) is 1.84. The van der Waals surface area contributed by atoms with Crippen molar-refractivity contribution >= 4 is 0 Å². The highest BCUT2D eigenvalue weighted by molar-refractivity contribution is 5.70. The summed E-state index contributed by atoms with van der Waals surface area (Å²) in [5.41, 5.74) is 2.00. The molecule has 18 heavy (non-hydrogen) atoms. The van der Waals surface area contributed by atoms with Gasteiger partial charge in [-0.3, -0.25) is 5.10 Å². The summed E-state index contributed by atoms with van der Waals surface area (Å²) in [4.78, 5) is 0. The molecule has 0 spiro atoms. The van der Waals surface area contributed by atoms with Crippen molar-refractivity contribution in [2.75, 3.05) is 13.7 Å². The molecule has 0 aliphatic heterocycles. The zero-order chi connectivity index (χ0) is 13.0. The van der Waals surface area contributed by atoms with Gasteiger partial charge in [-0.05, 0) is 18.7 Å². The summed E-state index contributed by atoms with van der Waals surface area (Å²) < 4.78 is 19.2. The van der Waals surface area contributed by atoms with Crippen LogP contribution in [0.2, 0.25) is 0 Å². The molecule has 0 bridgehead atoms. The molecular weight excluding hydrogens is 233 g/mol. The average Bonchev–Trinajstić information content (AvgIpc) is 2.83. The van der Waals surface area contributed by atoms with Gasteiger partial charge in [0.15, 0.2) is 0 Å². The summed E-state index contributed by atoms with van der Waals surface area (Å²) in [6.45, 7) is 3.50. The zero-order valence-electron chi connectivity index (χ0n) is 10.5. The fraction of sp³-hybridized carbons (Fsp3) is 0.308. The molecule has 1 aromatic heterocycles. The van der Waals surface area contributed by atoms with E-state index < -0.39 is 0 Å². The Bertz CT molecular complexity index is 525. The van der Waals surface area contributed by atoms with Gasteiger partial charge in [0.1, 0.15) is 11.6 Å². The summed E-state index contributed by atoms with van der Waals surface area (Å²) in [7, 11) is 1.53. The van der Waals surface area contributed by atoms with E-state index in [2.05, 4.69) is 15.5 Å². The Morgan fingerprint density at radius 2 is 2.28 bits per heavy atom. The van der Waals surface area contributed by atoms with E-state index >= 15 is 0 Å². The molecule has 0 aliphatic rings. The van der Waals surface area contributed by atoms with Crippen LogP contribution in [0.15, 0.2) is 24.4 Å². The van der Waals surface area contributed by atoms with Crippen molar-refractivity contribution < 1.29 is 9.13 Å². The second-order valence-electron chi connectivity index (χ2n) is 3.87. The van der Waals surface area contributed by atoms with E-state index in [4.69, 9.17) is 4.74 Å². The molecule has 2 rings (SSSR count). The molecule has 0 amide bonds. The number of ether oxygens (including phenoxy) is 1. The average molecular weight is 249 g/mol. The molecule has 0 fully saturated rings. The van der Waals surface area contributed by atoms with Crippen molar-refractivity contribution in [1.82, 2.24) is 15.5 Å². The number of halogens is 1. The molecule has 5 heteroatoms. The number of rotatable bonds is 5. The number of nitrogens with one attached hydrogen (secondary N) is 2. The molecule has 1 heterocycles. The maximum absolute atomic E-state index is 14.0. The predicted octanol–water partition coefficient (Wildman–Crippen LogP) is 2.33. The number of aromatic nitrogens is 2. The number of H-pyrrole nitrogens is 1. The van der Waals surface area contributed by atoms with Gasteiger partial charge < -0.3 is 10.1 Å². The molecule has 2 N–H and O–H groups in total. The van der Waals surface area contributed by atoms with Crippen LogP contribution in [0.4, 0.5) is 4.39 Å². The molecule has 0 radical (unpaired) electrons.